The number of benzene rings is 4. The second kappa shape index (κ2) is 26.9. The molecule has 358 valence electrons. The Hall–Kier alpha value is -6.92. The third-order valence-electron chi connectivity index (χ3n) is 10.6. The first-order chi connectivity index (χ1) is 32.0. The number of carbonyl (C=O) groups excluding carboxylic acids is 6. The van der Waals surface area contributed by atoms with E-state index in [1.807, 2.05) is 50.4 Å². The topological polar surface area (TPSA) is 278 Å². The molecule has 0 aliphatic rings. The van der Waals surface area contributed by atoms with Crippen LogP contribution in [0.4, 0.5) is 0 Å². The summed E-state index contributed by atoms with van der Waals surface area (Å²) in [5, 5.41) is 45.8. The van der Waals surface area contributed by atoms with Crippen LogP contribution in [0.25, 0.3) is 0 Å². The molecule has 0 unspecified atom stereocenters. The third-order valence-corrected chi connectivity index (χ3v) is 11.2. The molecule has 4 aromatic carbocycles. The van der Waals surface area contributed by atoms with Gasteiger partial charge in [-0.1, -0.05) is 98.8 Å². The number of carboxylic acids is 1. The van der Waals surface area contributed by atoms with Crippen LogP contribution in [0.1, 0.15) is 48.9 Å². The zero-order valence-corrected chi connectivity index (χ0v) is 38.6. The van der Waals surface area contributed by atoms with Crippen molar-refractivity contribution in [3.63, 3.8) is 0 Å². The standard InChI is InChI=1S/C49H61N7O10S/c1-30(2)24-39(52-43(59)29-51-44(60)37(50)25-31-10-6-4-7-11-31)46(62)53-38(22-23-67-3)45(61)54-40(26-33-14-18-35(57)19-15-33)47(63)55-41(27-34-16-20-36(58)21-17-34)48(64)56-42(49(65)66)28-32-12-8-5-9-13-32/h4-21,30,37-42,57-58H,22-29,50H2,1-3H3,(H,51,60)(H,52,59)(H,53,62)(H,54,61)(H,55,63)(H,56,64)(H,65,66)/t37-,38-,39-,40-,41-,42-/m0/s1. The molecule has 0 radical (unpaired) electrons. The summed E-state index contributed by atoms with van der Waals surface area (Å²) in [5.41, 5.74) is 8.60. The largest absolute Gasteiger partial charge is 0.508 e. The summed E-state index contributed by atoms with van der Waals surface area (Å²) in [6.07, 6.45) is 2.05. The van der Waals surface area contributed by atoms with E-state index in [1.54, 1.807) is 54.6 Å². The van der Waals surface area contributed by atoms with E-state index < -0.39 is 84.2 Å². The quantitative estimate of drug-likeness (QED) is 0.0434. The number of rotatable bonds is 26. The van der Waals surface area contributed by atoms with Gasteiger partial charge in [0.25, 0.3) is 0 Å². The molecular formula is C49H61N7O10S. The number of hydrogen-bond acceptors (Lipinski definition) is 11. The predicted molar refractivity (Wildman–Crippen MR) is 255 cm³/mol. The molecule has 4 rings (SSSR count). The van der Waals surface area contributed by atoms with Gasteiger partial charge in [0.05, 0.1) is 12.6 Å². The Labute approximate surface area is 394 Å². The third kappa shape index (κ3) is 18.5. The van der Waals surface area contributed by atoms with Gasteiger partial charge in [-0.2, -0.15) is 11.8 Å². The first kappa shape index (κ1) is 52.7. The monoisotopic (exact) mass is 939 g/mol. The minimum atomic E-state index is -1.37. The molecule has 0 saturated carbocycles. The van der Waals surface area contributed by atoms with Gasteiger partial charge < -0.3 is 53.0 Å². The lowest BCUT2D eigenvalue weighted by Crippen LogP contribution is -2.60. The molecule has 18 heteroatoms. The minimum absolute atomic E-state index is 0.0378. The summed E-state index contributed by atoms with van der Waals surface area (Å²) < 4.78 is 0. The highest BCUT2D eigenvalue weighted by Crippen LogP contribution is 2.15. The number of aliphatic carboxylic acids is 1. The Balaban J connectivity index is 1.54. The zero-order chi connectivity index (χ0) is 48.9. The Morgan fingerprint density at radius 3 is 1.39 bits per heavy atom. The van der Waals surface area contributed by atoms with Crippen LogP contribution < -0.4 is 37.6 Å². The van der Waals surface area contributed by atoms with E-state index in [0.29, 0.717) is 22.4 Å². The number of nitrogens with one attached hydrogen (secondary N) is 6. The maximum absolute atomic E-state index is 14.4. The fourth-order valence-electron chi connectivity index (χ4n) is 7.01. The summed E-state index contributed by atoms with van der Waals surface area (Å²) in [7, 11) is 0. The first-order valence-electron chi connectivity index (χ1n) is 21.9. The van der Waals surface area contributed by atoms with E-state index >= 15 is 0 Å². The van der Waals surface area contributed by atoms with E-state index in [4.69, 9.17) is 5.73 Å². The highest BCUT2D eigenvalue weighted by molar-refractivity contribution is 7.98. The van der Waals surface area contributed by atoms with Crippen LogP contribution in [0.5, 0.6) is 11.5 Å². The number of thioether (sulfide) groups is 1. The van der Waals surface area contributed by atoms with Gasteiger partial charge in [0, 0.05) is 19.3 Å². The molecule has 67 heavy (non-hydrogen) atoms. The molecule has 4 aromatic rings. The normalized spacial score (nSPS) is 13.7. The van der Waals surface area contributed by atoms with E-state index in [1.165, 1.54) is 36.0 Å². The molecule has 0 spiro atoms. The lowest BCUT2D eigenvalue weighted by atomic mass is 10.0. The second-order valence-electron chi connectivity index (χ2n) is 16.6. The molecule has 6 atom stereocenters. The molecule has 0 fully saturated rings. The zero-order valence-electron chi connectivity index (χ0n) is 37.8. The van der Waals surface area contributed by atoms with Gasteiger partial charge in [0.15, 0.2) is 0 Å². The lowest BCUT2D eigenvalue weighted by Gasteiger charge is -2.27. The molecule has 0 aliphatic heterocycles. The number of amides is 6. The van der Waals surface area contributed by atoms with Gasteiger partial charge in [-0.05, 0) is 83.7 Å². The molecule has 0 bridgehead atoms. The summed E-state index contributed by atoms with van der Waals surface area (Å²) in [4.78, 5) is 94.7. The van der Waals surface area contributed by atoms with Gasteiger partial charge in [-0.15, -0.1) is 0 Å². The van der Waals surface area contributed by atoms with Crippen molar-refractivity contribution >= 4 is 53.2 Å². The number of phenolic OH excluding ortho intramolecular Hbond substituents is 2. The van der Waals surface area contributed by atoms with Crippen molar-refractivity contribution in [2.45, 2.75) is 88.6 Å². The number of phenols is 2. The molecule has 0 heterocycles. The average molecular weight is 940 g/mol. The number of nitrogens with two attached hydrogens (primary N) is 1. The Kier molecular flexibility index (Phi) is 21.2. The van der Waals surface area contributed by atoms with E-state index in [0.717, 1.165) is 5.56 Å². The minimum Gasteiger partial charge on any atom is -0.508 e. The van der Waals surface area contributed by atoms with E-state index in [2.05, 4.69) is 31.9 Å². The summed E-state index contributed by atoms with van der Waals surface area (Å²) in [5.74, 6) is -5.33. The maximum Gasteiger partial charge on any atom is 0.326 e. The van der Waals surface area contributed by atoms with Gasteiger partial charge in [-0.25, -0.2) is 4.79 Å². The van der Waals surface area contributed by atoms with Gasteiger partial charge in [0.2, 0.25) is 35.4 Å². The van der Waals surface area contributed by atoms with Crippen LogP contribution in [0.15, 0.2) is 109 Å². The second-order valence-corrected chi connectivity index (χ2v) is 17.5. The molecule has 17 nitrogen and oxygen atoms in total. The lowest BCUT2D eigenvalue weighted by molar-refractivity contribution is -0.142. The number of carbonyl (C=O) groups is 7. The summed E-state index contributed by atoms with van der Waals surface area (Å²) in [6.45, 7) is 3.24. The smallest absolute Gasteiger partial charge is 0.326 e. The summed E-state index contributed by atoms with van der Waals surface area (Å²) in [6, 6.07) is 22.3. The van der Waals surface area contributed by atoms with Crippen LogP contribution in [-0.2, 0) is 59.2 Å². The Bertz CT molecular complexity index is 2250. The van der Waals surface area contributed by atoms with Crippen molar-refractivity contribution in [1.29, 1.82) is 0 Å². The fourth-order valence-corrected chi connectivity index (χ4v) is 7.48. The predicted octanol–water partition coefficient (Wildman–Crippen LogP) is 2.12. The Morgan fingerprint density at radius 1 is 0.522 bits per heavy atom. The van der Waals surface area contributed by atoms with Gasteiger partial charge >= 0.3 is 5.97 Å². The number of hydrogen-bond donors (Lipinski definition) is 10. The molecule has 6 amide bonds. The molecule has 0 saturated heterocycles. The van der Waals surface area contributed by atoms with Crippen molar-refractivity contribution in [2.24, 2.45) is 11.7 Å². The molecular weight excluding hydrogens is 879 g/mol. The number of aromatic hydroxyl groups is 2. The van der Waals surface area contributed by atoms with Crippen LogP contribution in [0.3, 0.4) is 0 Å². The molecule has 11 N–H and O–H groups in total. The van der Waals surface area contributed by atoms with Gasteiger partial charge in [0.1, 0.15) is 41.7 Å². The van der Waals surface area contributed by atoms with Crippen LogP contribution >= 0.6 is 11.8 Å². The fraction of sp³-hybridized carbons (Fsp3) is 0.367. The Morgan fingerprint density at radius 2 is 0.925 bits per heavy atom. The van der Waals surface area contributed by atoms with Crippen LogP contribution in [0, 0.1) is 5.92 Å². The molecule has 0 aliphatic carbocycles. The molecule has 0 aromatic heterocycles. The highest BCUT2D eigenvalue weighted by Gasteiger charge is 2.33. The van der Waals surface area contributed by atoms with Crippen molar-refractivity contribution in [2.75, 3.05) is 18.6 Å². The van der Waals surface area contributed by atoms with Gasteiger partial charge in [-0.3, -0.25) is 28.8 Å². The summed E-state index contributed by atoms with van der Waals surface area (Å²) >= 11 is 1.41. The van der Waals surface area contributed by atoms with Crippen molar-refractivity contribution in [1.82, 2.24) is 31.9 Å². The maximum atomic E-state index is 14.4. The van der Waals surface area contributed by atoms with Crippen molar-refractivity contribution in [3.05, 3.63) is 131 Å². The van der Waals surface area contributed by atoms with Crippen LogP contribution in [-0.4, -0.2) is 112 Å². The first-order valence-corrected chi connectivity index (χ1v) is 23.3. The van der Waals surface area contributed by atoms with Crippen molar-refractivity contribution in [3.8, 4) is 11.5 Å². The van der Waals surface area contributed by atoms with E-state index in [9.17, 15) is 48.9 Å². The highest BCUT2D eigenvalue weighted by atomic mass is 32.2. The van der Waals surface area contributed by atoms with E-state index in [-0.39, 0.29) is 55.9 Å². The number of carboxylic acid groups (broad SMARTS) is 1. The SMILES string of the molecule is CSCC[C@H](NC(=O)[C@H](CC(C)C)NC(=O)CNC(=O)[C@@H](N)Cc1ccccc1)C(=O)N[C@@H](Cc1ccc(O)cc1)C(=O)N[C@@H](Cc1ccc(O)cc1)C(=O)N[C@@H](Cc1ccccc1)C(=O)O. The van der Waals surface area contributed by atoms with Crippen molar-refractivity contribution < 1.29 is 48.9 Å². The average Bonchev–Trinajstić information content (AvgIpc) is 3.30. The van der Waals surface area contributed by atoms with Crippen LogP contribution in [0.2, 0.25) is 0 Å².